The molecule has 1 aromatic carbocycles. The van der Waals surface area contributed by atoms with Gasteiger partial charge in [0.2, 0.25) is 0 Å². The van der Waals surface area contributed by atoms with Gasteiger partial charge in [0, 0.05) is 29.8 Å². The molecule has 0 spiro atoms. The average Bonchev–Trinajstić information content (AvgIpc) is 2.75. The van der Waals surface area contributed by atoms with Crippen LogP contribution in [0.5, 0.6) is 5.75 Å². The van der Waals surface area contributed by atoms with E-state index < -0.39 is 0 Å². The Bertz CT molecular complexity index is 746. The van der Waals surface area contributed by atoms with E-state index in [4.69, 9.17) is 10.5 Å². The van der Waals surface area contributed by atoms with Crippen LogP contribution in [0.25, 0.3) is 22.3 Å². The zero-order valence-corrected chi connectivity index (χ0v) is 10.9. The van der Waals surface area contributed by atoms with Gasteiger partial charge in [-0.05, 0) is 36.4 Å². The third-order valence-corrected chi connectivity index (χ3v) is 3.30. The normalized spacial score (nSPS) is 10.8. The van der Waals surface area contributed by atoms with Crippen molar-refractivity contribution in [2.24, 2.45) is 7.05 Å². The van der Waals surface area contributed by atoms with E-state index in [0.717, 1.165) is 28.0 Å². The molecule has 2 heterocycles. The number of nitrogens with two attached hydrogens (primary N) is 1. The fourth-order valence-corrected chi connectivity index (χ4v) is 2.29. The summed E-state index contributed by atoms with van der Waals surface area (Å²) < 4.78 is 7.36. The van der Waals surface area contributed by atoms with Crippen LogP contribution < -0.4 is 10.5 Å². The van der Waals surface area contributed by atoms with Crippen LogP contribution in [0, 0.1) is 0 Å². The number of hydrogen-bond donors (Lipinski definition) is 1. The summed E-state index contributed by atoms with van der Waals surface area (Å²) in [6, 6.07) is 11.8. The second-order valence-electron chi connectivity index (χ2n) is 4.49. The number of aryl methyl sites for hydroxylation is 1. The summed E-state index contributed by atoms with van der Waals surface area (Å²) in [5.74, 6) is 0.852. The van der Waals surface area contributed by atoms with Crippen LogP contribution >= 0.6 is 0 Å². The average molecular weight is 253 g/mol. The van der Waals surface area contributed by atoms with Gasteiger partial charge >= 0.3 is 0 Å². The molecule has 0 atom stereocenters. The molecule has 0 aliphatic carbocycles. The maximum absolute atomic E-state index is 5.82. The van der Waals surface area contributed by atoms with Crippen molar-refractivity contribution in [3.05, 3.63) is 42.6 Å². The van der Waals surface area contributed by atoms with Crippen molar-refractivity contribution < 1.29 is 4.74 Å². The van der Waals surface area contributed by atoms with Crippen LogP contribution in [0.1, 0.15) is 0 Å². The SMILES string of the molecule is COc1ccc2c(c1)cc(-c1cc(N)ccn1)n2C. The highest BCUT2D eigenvalue weighted by Gasteiger charge is 2.09. The van der Waals surface area contributed by atoms with E-state index in [9.17, 15) is 0 Å². The van der Waals surface area contributed by atoms with Gasteiger partial charge in [-0.2, -0.15) is 0 Å². The number of aromatic nitrogens is 2. The Labute approximate surface area is 111 Å². The first-order valence-electron chi connectivity index (χ1n) is 6.04. The smallest absolute Gasteiger partial charge is 0.119 e. The highest BCUT2D eigenvalue weighted by atomic mass is 16.5. The summed E-state index contributed by atoms with van der Waals surface area (Å²) in [6.07, 6.45) is 1.73. The molecule has 4 heteroatoms. The number of ether oxygens (including phenoxy) is 1. The maximum atomic E-state index is 5.82. The van der Waals surface area contributed by atoms with Gasteiger partial charge in [-0.25, -0.2) is 0 Å². The lowest BCUT2D eigenvalue weighted by molar-refractivity contribution is 0.415. The van der Waals surface area contributed by atoms with Crippen molar-refractivity contribution in [3.63, 3.8) is 0 Å². The van der Waals surface area contributed by atoms with Crippen LogP contribution in [0.4, 0.5) is 5.69 Å². The van der Waals surface area contributed by atoms with E-state index in [1.54, 1.807) is 19.4 Å². The second-order valence-corrected chi connectivity index (χ2v) is 4.49. The Morgan fingerprint density at radius 2 is 2.00 bits per heavy atom. The van der Waals surface area contributed by atoms with Crippen molar-refractivity contribution in [1.29, 1.82) is 0 Å². The summed E-state index contributed by atoms with van der Waals surface area (Å²) in [6.45, 7) is 0. The molecule has 0 aliphatic heterocycles. The fraction of sp³-hybridized carbons (Fsp3) is 0.133. The predicted molar refractivity (Wildman–Crippen MR) is 77.1 cm³/mol. The summed E-state index contributed by atoms with van der Waals surface area (Å²) in [5, 5.41) is 1.13. The first kappa shape index (κ1) is 11.6. The minimum atomic E-state index is 0.716. The molecule has 3 rings (SSSR count). The Balaban J connectivity index is 2.22. The van der Waals surface area contributed by atoms with Crippen LogP contribution in [0.15, 0.2) is 42.6 Å². The number of pyridine rings is 1. The molecule has 0 unspecified atom stereocenters. The maximum Gasteiger partial charge on any atom is 0.119 e. The molecule has 0 bridgehead atoms. The number of benzene rings is 1. The van der Waals surface area contributed by atoms with Gasteiger partial charge in [0.1, 0.15) is 5.75 Å². The monoisotopic (exact) mass is 253 g/mol. The van der Waals surface area contributed by atoms with Crippen LogP contribution in [-0.2, 0) is 7.05 Å². The Hall–Kier alpha value is -2.49. The van der Waals surface area contributed by atoms with Gasteiger partial charge < -0.3 is 15.0 Å². The number of fused-ring (bicyclic) bond motifs is 1. The lowest BCUT2D eigenvalue weighted by atomic mass is 10.2. The highest BCUT2D eigenvalue weighted by Crippen LogP contribution is 2.29. The second kappa shape index (κ2) is 4.31. The minimum Gasteiger partial charge on any atom is -0.497 e. The molecule has 96 valence electrons. The highest BCUT2D eigenvalue weighted by molar-refractivity contribution is 5.87. The molecular formula is C15H15N3O. The molecule has 0 radical (unpaired) electrons. The predicted octanol–water partition coefficient (Wildman–Crippen LogP) is 2.83. The van der Waals surface area contributed by atoms with E-state index >= 15 is 0 Å². The van der Waals surface area contributed by atoms with Gasteiger partial charge in [0.25, 0.3) is 0 Å². The minimum absolute atomic E-state index is 0.716. The van der Waals surface area contributed by atoms with Gasteiger partial charge in [-0.3, -0.25) is 4.98 Å². The summed E-state index contributed by atoms with van der Waals surface area (Å²) in [7, 11) is 3.69. The van der Waals surface area contributed by atoms with Crippen molar-refractivity contribution in [3.8, 4) is 17.1 Å². The number of hydrogen-bond acceptors (Lipinski definition) is 3. The molecule has 0 aliphatic rings. The van der Waals surface area contributed by atoms with Gasteiger partial charge in [-0.1, -0.05) is 0 Å². The van der Waals surface area contributed by atoms with Crippen molar-refractivity contribution >= 4 is 16.6 Å². The molecule has 0 saturated carbocycles. The summed E-state index contributed by atoms with van der Waals surface area (Å²) in [4.78, 5) is 4.38. The van der Waals surface area contributed by atoms with E-state index in [1.807, 2.05) is 31.3 Å². The van der Waals surface area contributed by atoms with E-state index in [-0.39, 0.29) is 0 Å². The number of anilines is 1. The van der Waals surface area contributed by atoms with Gasteiger partial charge in [0.15, 0.2) is 0 Å². The lowest BCUT2D eigenvalue weighted by Gasteiger charge is -2.04. The Kier molecular flexibility index (Phi) is 2.63. The Morgan fingerprint density at radius 1 is 1.16 bits per heavy atom. The number of methoxy groups -OCH3 is 1. The number of rotatable bonds is 2. The molecule has 2 N–H and O–H groups in total. The molecule has 19 heavy (non-hydrogen) atoms. The van der Waals surface area contributed by atoms with Crippen molar-refractivity contribution in [1.82, 2.24) is 9.55 Å². The zero-order valence-electron chi connectivity index (χ0n) is 10.9. The van der Waals surface area contributed by atoms with Crippen molar-refractivity contribution in [2.45, 2.75) is 0 Å². The topological polar surface area (TPSA) is 53.1 Å². The number of nitrogen functional groups attached to an aromatic ring is 1. The van der Waals surface area contributed by atoms with Gasteiger partial charge in [-0.15, -0.1) is 0 Å². The largest absolute Gasteiger partial charge is 0.497 e. The molecule has 2 aromatic heterocycles. The van der Waals surface area contributed by atoms with Crippen molar-refractivity contribution in [2.75, 3.05) is 12.8 Å². The third kappa shape index (κ3) is 1.91. The quantitative estimate of drug-likeness (QED) is 0.764. The molecule has 3 aromatic rings. The molecule has 0 fully saturated rings. The molecule has 4 nitrogen and oxygen atoms in total. The van der Waals surface area contributed by atoms with E-state index in [0.29, 0.717) is 5.69 Å². The summed E-state index contributed by atoms with van der Waals surface area (Å²) in [5.41, 5.74) is 9.58. The zero-order chi connectivity index (χ0) is 13.4. The van der Waals surface area contributed by atoms with Crippen LogP contribution in [0.2, 0.25) is 0 Å². The summed E-state index contributed by atoms with van der Waals surface area (Å²) >= 11 is 0. The standard InChI is InChI=1S/C15H15N3O/c1-18-14-4-3-12(19-2)7-10(14)8-15(18)13-9-11(16)5-6-17-13/h3-9H,1-2H3,(H2,16,17). The number of nitrogens with zero attached hydrogens (tertiary/aromatic N) is 2. The molecular weight excluding hydrogens is 238 g/mol. The van der Waals surface area contributed by atoms with Crippen LogP contribution in [0.3, 0.4) is 0 Å². The van der Waals surface area contributed by atoms with E-state index in [1.165, 1.54) is 0 Å². The fourth-order valence-electron chi connectivity index (χ4n) is 2.29. The lowest BCUT2D eigenvalue weighted by Crippen LogP contribution is -1.94. The Morgan fingerprint density at radius 3 is 2.74 bits per heavy atom. The third-order valence-electron chi connectivity index (χ3n) is 3.30. The van der Waals surface area contributed by atoms with Gasteiger partial charge in [0.05, 0.1) is 18.5 Å². The van der Waals surface area contributed by atoms with Crippen LogP contribution in [-0.4, -0.2) is 16.7 Å². The molecule has 0 amide bonds. The molecule has 0 saturated heterocycles. The first-order chi connectivity index (χ1) is 9.19. The first-order valence-corrected chi connectivity index (χ1v) is 6.04. The van der Waals surface area contributed by atoms with E-state index in [2.05, 4.69) is 15.6 Å².